The van der Waals surface area contributed by atoms with E-state index in [2.05, 4.69) is 12.1 Å². The van der Waals surface area contributed by atoms with Gasteiger partial charge in [0.1, 0.15) is 5.75 Å². The van der Waals surface area contributed by atoms with Gasteiger partial charge in [-0.2, -0.15) is 0 Å². The summed E-state index contributed by atoms with van der Waals surface area (Å²) in [6, 6.07) is 13.0. The fourth-order valence-electron chi connectivity index (χ4n) is 2.39. The van der Waals surface area contributed by atoms with E-state index in [1.807, 2.05) is 23.9 Å². The molecule has 21 heavy (non-hydrogen) atoms. The summed E-state index contributed by atoms with van der Waals surface area (Å²) in [6.07, 6.45) is 0. The molecule has 1 aliphatic rings. The third kappa shape index (κ3) is 2.83. The van der Waals surface area contributed by atoms with Crippen molar-refractivity contribution in [3.63, 3.8) is 0 Å². The zero-order valence-corrected chi connectivity index (χ0v) is 12.1. The number of carbonyl (C=O) groups is 1. The van der Waals surface area contributed by atoms with Crippen molar-refractivity contribution in [2.24, 2.45) is 0 Å². The van der Waals surface area contributed by atoms with Crippen LogP contribution in [0.4, 0.5) is 5.69 Å². The number of carboxylic acids is 1. The highest BCUT2D eigenvalue weighted by molar-refractivity contribution is 7.99. The first kappa shape index (κ1) is 13.8. The average molecular weight is 301 g/mol. The maximum Gasteiger partial charge on any atom is 0.337 e. The second-order valence-corrected chi connectivity index (χ2v) is 5.97. The van der Waals surface area contributed by atoms with Crippen LogP contribution in [0, 0.1) is 0 Å². The minimum absolute atomic E-state index is 0.101. The number of hydrogen-bond acceptors (Lipinski definition) is 4. The molecule has 0 saturated heterocycles. The molecule has 1 heterocycles. The van der Waals surface area contributed by atoms with Gasteiger partial charge in [0.15, 0.2) is 0 Å². The van der Waals surface area contributed by atoms with Gasteiger partial charge in [0.05, 0.1) is 12.2 Å². The Morgan fingerprint density at radius 2 is 2.14 bits per heavy atom. The zero-order chi connectivity index (χ0) is 14.8. The van der Waals surface area contributed by atoms with Crippen LogP contribution in [0.1, 0.15) is 21.8 Å². The quantitative estimate of drug-likeness (QED) is 0.848. The lowest BCUT2D eigenvalue weighted by atomic mass is 10.0. The Bertz CT molecular complexity index is 687. The molecule has 5 heteroatoms. The monoisotopic (exact) mass is 301 g/mol. The van der Waals surface area contributed by atoms with E-state index in [1.54, 1.807) is 12.1 Å². The Morgan fingerprint density at radius 3 is 2.90 bits per heavy atom. The van der Waals surface area contributed by atoms with Gasteiger partial charge in [0.25, 0.3) is 0 Å². The highest BCUT2D eigenvalue weighted by Gasteiger charge is 2.23. The summed E-state index contributed by atoms with van der Waals surface area (Å²) in [4.78, 5) is 12.2. The van der Waals surface area contributed by atoms with Gasteiger partial charge in [0, 0.05) is 28.3 Å². The Hall–Kier alpha value is -2.14. The molecule has 2 aromatic carbocycles. The summed E-state index contributed by atoms with van der Waals surface area (Å²) in [5.41, 5.74) is 7.36. The number of ether oxygens (including phenoxy) is 1. The van der Waals surface area contributed by atoms with Crippen molar-refractivity contribution in [1.29, 1.82) is 0 Å². The molecule has 0 aromatic heterocycles. The number of hydrogen-bond donors (Lipinski definition) is 2. The number of aromatic carboxylic acids is 1. The molecule has 0 aliphatic carbocycles. The summed E-state index contributed by atoms with van der Waals surface area (Å²) in [5.74, 6) is 0.931. The number of carboxylic acid groups (broad SMARTS) is 1. The molecule has 0 fully saturated rings. The normalized spacial score (nSPS) is 16.5. The third-order valence-corrected chi connectivity index (χ3v) is 4.76. The number of rotatable bonds is 4. The van der Waals surface area contributed by atoms with Crippen LogP contribution in [0.2, 0.25) is 0 Å². The van der Waals surface area contributed by atoms with Crippen molar-refractivity contribution < 1.29 is 14.6 Å². The number of benzene rings is 2. The van der Waals surface area contributed by atoms with Gasteiger partial charge in [-0.1, -0.05) is 18.2 Å². The van der Waals surface area contributed by atoms with Crippen molar-refractivity contribution in [2.45, 2.75) is 10.8 Å². The number of nitrogen functional groups attached to an aromatic ring is 1. The van der Waals surface area contributed by atoms with E-state index in [1.165, 1.54) is 16.5 Å². The lowest BCUT2D eigenvalue weighted by Crippen LogP contribution is -2.10. The van der Waals surface area contributed by atoms with Gasteiger partial charge in [0.2, 0.25) is 0 Å². The predicted octanol–water partition coefficient (Wildman–Crippen LogP) is 3.24. The molecule has 4 nitrogen and oxygen atoms in total. The summed E-state index contributed by atoms with van der Waals surface area (Å²) in [5, 5.41) is 8.94. The van der Waals surface area contributed by atoms with Gasteiger partial charge >= 0.3 is 5.97 Å². The van der Waals surface area contributed by atoms with Crippen LogP contribution in [0.15, 0.2) is 47.4 Å². The SMILES string of the molecule is Nc1cc(OCC2CSc3ccccc32)ccc1C(=O)O. The Kier molecular flexibility index (Phi) is 3.75. The Balaban J connectivity index is 1.69. The van der Waals surface area contributed by atoms with Crippen molar-refractivity contribution in [1.82, 2.24) is 0 Å². The maximum absolute atomic E-state index is 10.9. The molecule has 3 N–H and O–H groups in total. The van der Waals surface area contributed by atoms with Crippen LogP contribution < -0.4 is 10.5 Å². The van der Waals surface area contributed by atoms with E-state index in [0.29, 0.717) is 18.3 Å². The Morgan fingerprint density at radius 1 is 1.33 bits per heavy atom. The number of nitrogens with two attached hydrogens (primary N) is 1. The van der Waals surface area contributed by atoms with Crippen molar-refractivity contribution >= 4 is 23.4 Å². The number of thioether (sulfide) groups is 1. The average Bonchev–Trinajstić information content (AvgIpc) is 2.88. The fraction of sp³-hybridized carbons (Fsp3) is 0.188. The van der Waals surface area contributed by atoms with E-state index in [4.69, 9.17) is 15.6 Å². The molecule has 0 radical (unpaired) electrons. The minimum atomic E-state index is -1.03. The summed E-state index contributed by atoms with van der Waals surface area (Å²) < 4.78 is 5.78. The van der Waals surface area contributed by atoms with Gasteiger partial charge in [-0.05, 0) is 23.8 Å². The number of fused-ring (bicyclic) bond motifs is 1. The van der Waals surface area contributed by atoms with Gasteiger partial charge < -0.3 is 15.6 Å². The highest BCUT2D eigenvalue weighted by Crippen LogP contribution is 2.39. The molecule has 3 rings (SSSR count). The third-order valence-electron chi connectivity index (χ3n) is 3.50. The van der Waals surface area contributed by atoms with E-state index in [0.717, 1.165) is 5.75 Å². The van der Waals surface area contributed by atoms with E-state index in [9.17, 15) is 4.79 Å². The van der Waals surface area contributed by atoms with Crippen LogP contribution >= 0.6 is 11.8 Å². The molecule has 0 saturated carbocycles. The van der Waals surface area contributed by atoms with Crippen molar-refractivity contribution in [2.75, 3.05) is 18.1 Å². The first-order valence-corrected chi connectivity index (χ1v) is 7.61. The van der Waals surface area contributed by atoms with Crippen LogP contribution in [0.3, 0.4) is 0 Å². The standard InChI is InChI=1S/C16H15NO3S/c17-14-7-11(5-6-13(14)16(18)19)20-8-10-9-21-15-4-2-1-3-12(10)15/h1-7,10H,8-9,17H2,(H,18,19). The second-order valence-electron chi connectivity index (χ2n) is 4.91. The lowest BCUT2D eigenvalue weighted by Gasteiger charge is -2.13. The summed E-state index contributed by atoms with van der Waals surface area (Å²) in [7, 11) is 0. The van der Waals surface area contributed by atoms with Gasteiger partial charge in [-0.25, -0.2) is 4.79 Å². The summed E-state index contributed by atoms with van der Waals surface area (Å²) >= 11 is 1.84. The van der Waals surface area contributed by atoms with Crippen molar-refractivity contribution in [3.05, 3.63) is 53.6 Å². The first-order valence-electron chi connectivity index (χ1n) is 6.62. The van der Waals surface area contributed by atoms with Crippen LogP contribution in [0.5, 0.6) is 5.75 Å². The first-order chi connectivity index (χ1) is 10.1. The van der Waals surface area contributed by atoms with Crippen LogP contribution in [-0.4, -0.2) is 23.4 Å². The molecule has 0 bridgehead atoms. The highest BCUT2D eigenvalue weighted by atomic mass is 32.2. The van der Waals surface area contributed by atoms with E-state index < -0.39 is 5.97 Å². The van der Waals surface area contributed by atoms with Gasteiger partial charge in [-0.15, -0.1) is 11.8 Å². The van der Waals surface area contributed by atoms with Crippen LogP contribution in [0.25, 0.3) is 0 Å². The van der Waals surface area contributed by atoms with E-state index in [-0.39, 0.29) is 11.3 Å². The fourth-order valence-corrected chi connectivity index (χ4v) is 3.62. The Labute approximate surface area is 126 Å². The topological polar surface area (TPSA) is 72.5 Å². The minimum Gasteiger partial charge on any atom is -0.493 e. The molecule has 0 spiro atoms. The maximum atomic E-state index is 10.9. The zero-order valence-electron chi connectivity index (χ0n) is 11.3. The smallest absolute Gasteiger partial charge is 0.337 e. The molecule has 1 unspecified atom stereocenters. The predicted molar refractivity (Wildman–Crippen MR) is 83.2 cm³/mol. The molecular formula is C16H15NO3S. The molecular weight excluding hydrogens is 286 g/mol. The summed E-state index contributed by atoms with van der Waals surface area (Å²) in [6.45, 7) is 0.565. The molecule has 2 aromatic rings. The van der Waals surface area contributed by atoms with Crippen molar-refractivity contribution in [3.8, 4) is 5.75 Å². The van der Waals surface area contributed by atoms with Crippen LogP contribution in [-0.2, 0) is 0 Å². The van der Waals surface area contributed by atoms with Gasteiger partial charge in [-0.3, -0.25) is 0 Å². The molecule has 1 aliphatic heterocycles. The van der Waals surface area contributed by atoms with E-state index >= 15 is 0 Å². The molecule has 0 amide bonds. The molecule has 1 atom stereocenters. The lowest BCUT2D eigenvalue weighted by molar-refractivity contribution is 0.0698. The number of anilines is 1. The largest absolute Gasteiger partial charge is 0.493 e. The molecule has 108 valence electrons. The second kappa shape index (κ2) is 5.69.